The number of aryl methyl sites for hydroxylation is 1. The van der Waals surface area contributed by atoms with Crippen LogP contribution in [0.4, 0.5) is 13.2 Å². The molecule has 4 heteroatoms. The molecule has 23 heavy (non-hydrogen) atoms. The SMILES string of the molecule is Cc1ccc(-n2c(C3CC3)cc3cc(C(F)(F)F)ccc32)cc1. The summed E-state index contributed by atoms with van der Waals surface area (Å²) in [6, 6.07) is 14.0. The van der Waals surface area contributed by atoms with Crippen molar-refractivity contribution in [1.82, 2.24) is 4.57 Å². The van der Waals surface area contributed by atoms with Crippen molar-refractivity contribution in [2.45, 2.75) is 31.9 Å². The molecule has 1 aliphatic rings. The summed E-state index contributed by atoms with van der Waals surface area (Å²) >= 11 is 0. The lowest BCUT2D eigenvalue weighted by molar-refractivity contribution is -0.137. The highest BCUT2D eigenvalue weighted by Crippen LogP contribution is 2.44. The molecule has 0 radical (unpaired) electrons. The molecule has 1 aromatic heterocycles. The van der Waals surface area contributed by atoms with E-state index in [1.807, 2.05) is 37.3 Å². The van der Waals surface area contributed by atoms with Gasteiger partial charge in [0.15, 0.2) is 0 Å². The van der Waals surface area contributed by atoms with Gasteiger partial charge in [-0.1, -0.05) is 17.7 Å². The Morgan fingerprint density at radius 3 is 2.26 bits per heavy atom. The molecule has 3 aromatic rings. The number of halogens is 3. The Bertz CT molecular complexity index is 868. The van der Waals surface area contributed by atoms with Crippen molar-refractivity contribution in [2.75, 3.05) is 0 Å². The van der Waals surface area contributed by atoms with Gasteiger partial charge in [0.05, 0.1) is 11.1 Å². The molecule has 1 nitrogen and oxygen atoms in total. The third-order valence-electron chi connectivity index (χ3n) is 4.45. The van der Waals surface area contributed by atoms with Crippen LogP contribution >= 0.6 is 0 Å². The van der Waals surface area contributed by atoms with E-state index in [0.29, 0.717) is 11.3 Å². The van der Waals surface area contributed by atoms with Gasteiger partial charge in [-0.15, -0.1) is 0 Å². The van der Waals surface area contributed by atoms with E-state index in [-0.39, 0.29) is 0 Å². The van der Waals surface area contributed by atoms with Gasteiger partial charge in [-0.05, 0) is 62.1 Å². The number of hydrogen-bond acceptors (Lipinski definition) is 0. The predicted octanol–water partition coefficient (Wildman–Crippen LogP) is 5.84. The van der Waals surface area contributed by atoms with Gasteiger partial charge in [0.25, 0.3) is 0 Å². The number of fused-ring (bicyclic) bond motifs is 1. The molecular formula is C19H16F3N. The first-order valence-electron chi connectivity index (χ1n) is 7.73. The molecule has 0 aliphatic heterocycles. The summed E-state index contributed by atoms with van der Waals surface area (Å²) in [5, 5.41) is 0.655. The highest BCUT2D eigenvalue weighted by atomic mass is 19.4. The maximum Gasteiger partial charge on any atom is 0.416 e. The molecule has 0 N–H and O–H groups in total. The van der Waals surface area contributed by atoms with E-state index in [9.17, 15) is 13.2 Å². The number of hydrogen-bond donors (Lipinski definition) is 0. The van der Waals surface area contributed by atoms with Gasteiger partial charge in [-0.25, -0.2) is 0 Å². The molecule has 1 saturated carbocycles. The molecule has 1 aliphatic carbocycles. The quantitative estimate of drug-likeness (QED) is 0.560. The minimum atomic E-state index is -4.31. The molecule has 0 amide bonds. The summed E-state index contributed by atoms with van der Waals surface area (Å²) in [5.41, 5.74) is 3.53. The van der Waals surface area contributed by atoms with Crippen LogP contribution in [0.25, 0.3) is 16.6 Å². The van der Waals surface area contributed by atoms with E-state index in [0.717, 1.165) is 35.3 Å². The van der Waals surface area contributed by atoms with E-state index in [4.69, 9.17) is 0 Å². The van der Waals surface area contributed by atoms with Crippen molar-refractivity contribution in [2.24, 2.45) is 0 Å². The summed E-state index contributed by atoms with van der Waals surface area (Å²) in [4.78, 5) is 0. The van der Waals surface area contributed by atoms with Gasteiger partial charge in [0.1, 0.15) is 0 Å². The third-order valence-corrected chi connectivity index (χ3v) is 4.45. The van der Waals surface area contributed by atoms with Crippen molar-refractivity contribution in [3.05, 3.63) is 65.4 Å². The summed E-state index contributed by atoms with van der Waals surface area (Å²) < 4.78 is 41.0. The zero-order valence-electron chi connectivity index (χ0n) is 12.7. The van der Waals surface area contributed by atoms with Crippen LogP contribution in [0.1, 0.15) is 35.6 Å². The number of nitrogens with zero attached hydrogens (tertiary/aromatic N) is 1. The van der Waals surface area contributed by atoms with Crippen LogP contribution in [0.3, 0.4) is 0 Å². The Balaban J connectivity index is 1.94. The van der Waals surface area contributed by atoms with Crippen LogP contribution in [0.15, 0.2) is 48.5 Å². The molecular weight excluding hydrogens is 299 g/mol. The van der Waals surface area contributed by atoms with Crippen molar-refractivity contribution < 1.29 is 13.2 Å². The smallest absolute Gasteiger partial charge is 0.313 e. The van der Waals surface area contributed by atoms with Crippen LogP contribution < -0.4 is 0 Å². The van der Waals surface area contributed by atoms with E-state index in [1.54, 1.807) is 6.07 Å². The number of rotatable bonds is 2. The first-order valence-corrected chi connectivity index (χ1v) is 7.73. The minimum Gasteiger partial charge on any atom is -0.313 e. The van der Waals surface area contributed by atoms with E-state index in [2.05, 4.69) is 4.57 Å². The van der Waals surface area contributed by atoms with Crippen molar-refractivity contribution in [3.8, 4) is 5.69 Å². The minimum absolute atomic E-state index is 0.457. The summed E-state index contributed by atoms with van der Waals surface area (Å²) in [7, 11) is 0. The molecule has 118 valence electrons. The fraction of sp³-hybridized carbons (Fsp3) is 0.263. The Kier molecular flexibility index (Phi) is 3.05. The van der Waals surface area contributed by atoms with E-state index < -0.39 is 11.7 Å². The maximum atomic E-state index is 13.0. The van der Waals surface area contributed by atoms with Gasteiger partial charge in [-0.3, -0.25) is 0 Å². The van der Waals surface area contributed by atoms with Crippen LogP contribution in [0.2, 0.25) is 0 Å². The Morgan fingerprint density at radius 2 is 1.65 bits per heavy atom. The molecule has 0 spiro atoms. The molecule has 0 unspecified atom stereocenters. The lowest BCUT2D eigenvalue weighted by Gasteiger charge is -2.11. The van der Waals surface area contributed by atoms with Gasteiger partial charge in [-0.2, -0.15) is 13.2 Å². The van der Waals surface area contributed by atoms with Crippen LogP contribution in [0.5, 0.6) is 0 Å². The second kappa shape index (κ2) is 4.88. The van der Waals surface area contributed by atoms with Gasteiger partial charge in [0.2, 0.25) is 0 Å². The highest BCUT2D eigenvalue weighted by molar-refractivity contribution is 5.84. The Labute approximate surface area is 132 Å². The van der Waals surface area contributed by atoms with Crippen molar-refractivity contribution >= 4 is 10.9 Å². The number of aromatic nitrogens is 1. The molecule has 0 bridgehead atoms. The normalized spacial score (nSPS) is 15.3. The van der Waals surface area contributed by atoms with Gasteiger partial charge < -0.3 is 4.57 Å². The van der Waals surface area contributed by atoms with Gasteiger partial charge in [0, 0.05) is 16.8 Å². The summed E-state index contributed by atoms with van der Waals surface area (Å²) in [5.74, 6) is 0.457. The molecule has 1 fully saturated rings. The second-order valence-corrected chi connectivity index (χ2v) is 6.29. The fourth-order valence-corrected chi connectivity index (χ4v) is 3.07. The average molecular weight is 315 g/mol. The zero-order valence-corrected chi connectivity index (χ0v) is 12.7. The number of alkyl halides is 3. The molecule has 1 heterocycles. The highest BCUT2D eigenvalue weighted by Gasteiger charge is 2.32. The maximum absolute atomic E-state index is 13.0. The van der Waals surface area contributed by atoms with Crippen molar-refractivity contribution in [1.29, 1.82) is 0 Å². The van der Waals surface area contributed by atoms with E-state index >= 15 is 0 Å². The predicted molar refractivity (Wildman–Crippen MR) is 85.0 cm³/mol. The lowest BCUT2D eigenvalue weighted by Crippen LogP contribution is -2.04. The van der Waals surface area contributed by atoms with Crippen LogP contribution in [-0.4, -0.2) is 4.57 Å². The standard InChI is InChI=1S/C19H16F3N/c1-12-2-7-16(8-3-12)23-17-9-6-15(19(20,21)22)10-14(17)11-18(23)13-4-5-13/h2-3,6-11,13H,4-5H2,1H3. The first-order chi connectivity index (χ1) is 10.9. The Hall–Kier alpha value is -2.23. The molecule has 0 atom stereocenters. The van der Waals surface area contributed by atoms with Gasteiger partial charge >= 0.3 is 6.18 Å². The fourth-order valence-electron chi connectivity index (χ4n) is 3.07. The van der Waals surface area contributed by atoms with Crippen LogP contribution in [-0.2, 0) is 6.18 Å². The molecule has 2 aromatic carbocycles. The van der Waals surface area contributed by atoms with Crippen LogP contribution in [0, 0.1) is 6.92 Å². The largest absolute Gasteiger partial charge is 0.416 e. The summed E-state index contributed by atoms with van der Waals surface area (Å²) in [6.07, 6.45) is -2.09. The van der Waals surface area contributed by atoms with E-state index in [1.165, 1.54) is 12.1 Å². The number of benzene rings is 2. The third kappa shape index (κ3) is 2.52. The lowest BCUT2D eigenvalue weighted by atomic mass is 10.1. The average Bonchev–Trinajstić information content (AvgIpc) is 3.27. The van der Waals surface area contributed by atoms with Crippen molar-refractivity contribution in [3.63, 3.8) is 0 Å². The molecule has 0 saturated heterocycles. The molecule has 4 rings (SSSR count). The Morgan fingerprint density at radius 1 is 0.957 bits per heavy atom. The first kappa shape index (κ1) is 14.4. The second-order valence-electron chi connectivity index (χ2n) is 6.29. The topological polar surface area (TPSA) is 4.93 Å². The monoisotopic (exact) mass is 315 g/mol. The zero-order chi connectivity index (χ0) is 16.2. The summed E-state index contributed by atoms with van der Waals surface area (Å²) in [6.45, 7) is 2.02.